The van der Waals surface area contributed by atoms with Gasteiger partial charge in [-0.15, -0.1) is 0 Å². The summed E-state index contributed by atoms with van der Waals surface area (Å²) in [6.07, 6.45) is -1.30. The lowest BCUT2D eigenvalue weighted by Crippen LogP contribution is -2.42. The van der Waals surface area contributed by atoms with Crippen LogP contribution in [0, 0.1) is 0 Å². The van der Waals surface area contributed by atoms with Gasteiger partial charge in [0.2, 0.25) is 0 Å². The van der Waals surface area contributed by atoms with E-state index in [1.165, 1.54) is 26.2 Å². The van der Waals surface area contributed by atoms with Gasteiger partial charge in [-0.3, -0.25) is 24.6 Å². The topological polar surface area (TPSA) is 145 Å². The van der Waals surface area contributed by atoms with Crippen molar-refractivity contribution >= 4 is 29.7 Å². The van der Waals surface area contributed by atoms with Gasteiger partial charge in [-0.25, -0.2) is 9.59 Å². The number of nitrogens with one attached hydrogen (secondary N) is 1. The Morgan fingerprint density at radius 2 is 1.68 bits per heavy atom. The molecular weight excluding hydrogens is 406 g/mol. The third-order valence-electron chi connectivity index (χ3n) is 4.60. The Morgan fingerprint density at radius 3 is 2.23 bits per heavy atom. The van der Waals surface area contributed by atoms with Crippen LogP contribution in [0.1, 0.15) is 43.6 Å². The number of hydrogen-bond donors (Lipinski definition) is 2. The molecule has 2 aromatic rings. The van der Waals surface area contributed by atoms with Gasteiger partial charge in [-0.1, -0.05) is 18.2 Å². The number of imide groups is 2. The monoisotopic (exact) mass is 425 g/mol. The van der Waals surface area contributed by atoms with Crippen molar-refractivity contribution in [1.29, 1.82) is 0 Å². The number of fused-ring (bicyclic) bond motifs is 1. The van der Waals surface area contributed by atoms with Crippen molar-refractivity contribution in [2.24, 2.45) is 5.73 Å². The second kappa shape index (κ2) is 8.66. The van der Waals surface area contributed by atoms with Gasteiger partial charge in [0.05, 0.1) is 24.8 Å². The minimum atomic E-state index is -1.30. The number of nitrogens with two attached hydrogens (primary N) is 1. The predicted octanol–water partition coefficient (Wildman–Crippen LogP) is 1.23. The zero-order valence-electron chi connectivity index (χ0n) is 16.7. The summed E-state index contributed by atoms with van der Waals surface area (Å²) in [6.45, 7) is 1.19. The van der Waals surface area contributed by atoms with Crippen LogP contribution < -0.4 is 15.8 Å². The molecule has 0 aliphatic carbocycles. The van der Waals surface area contributed by atoms with E-state index >= 15 is 0 Å². The molecule has 31 heavy (non-hydrogen) atoms. The minimum Gasteiger partial charge on any atom is -0.496 e. The first-order valence-electron chi connectivity index (χ1n) is 9.16. The first-order valence-corrected chi connectivity index (χ1v) is 9.16. The van der Waals surface area contributed by atoms with Crippen LogP contribution in [-0.2, 0) is 16.1 Å². The third kappa shape index (κ3) is 4.37. The van der Waals surface area contributed by atoms with Gasteiger partial charge < -0.3 is 15.2 Å². The maximum atomic E-state index is 12.6. The molecule has 0 fully saturated rings. The quantitative estimate of drug-likeness (QED) is 0.523. The average Bonchev–Trinajstić information content (AvgIpc) is 2.98. The van der Waals surface area contributed by atoms with Crippen molar-refractivity contribution in [2.75, 3.05) is 7.11 Å². The van der Waals surface area contributed by atoms with Crippen LogP contribution >= 0.6 is 0 Å². The van der Waals surface area contributed by atoms with E-state index in [1.54, 1.807) is 30.3 Å². The summed E-state index contributed by atoms with van der Waals surface area (Å²) in [4.78, 5) is 61.3. The maximum absolute atomic E-state index is 12.6. The molecule has 0 saturated heterocycles. The van der Waals surface area contributed by atoms with Crippen molar-refractivity contribution in [1.82, 2.24) is 10.2 Å². The zero-order valence-corrected chi connectivity index (χ0v) is 16.7. The van der Waals surface area contributed by atoms with Gasteiger partial charge in [0, 0.05) is 0 Å². The predicted molar refractivity (Wildman–Crippen MR) is 106 cm³/mol. The maximum Gasteiger partial charge on any atom is 0.342 e. The highest BCUT2D eigenvalue weighted by Crippen LogP contribution is 2.27. The molecule has 160 valence electrons. The molecule has 0 spiro atoms. The molecule has 0 aromatic heterocycles. The Kier molecular flexibility index (Phi) is 6.00. The SMILES string of the molecule is COc1ccc(CN2C(=O)c3ccccc3C2=O)cc1C(=O)O[C@H](C)C(=O)NC(N)=O. The fourth-order valence-electron chi connectivity index (χ4n) is 3.08. The number of urea groups is 1. The highest BCUT2D eigenvalue weighted by molar-refractivity contribution is 6.21. The molecule has 10 heteroatoms. The summed E-state index contributed by atoms with van der Waals surface area (Å²) in [5.74, 6) is -2.48. The summed E-state index contributed by atoms with van der Waals surface area (Å²) in [5, 5.41) is 1.82. The highest BCUT2D eigenvalue weighted by Gasteiger charge is 2.35. The first kappa shape index (κ1) is 21.5. The number of amides is 5. The summed E-state index contributed by atoms with van der Waals surface area (Å²) >= 11 is 0. The van der Waals surface area contributed by atoms with Crippen LogP contribution in [0.5, 0.6) is 5.75 Å². The van der Waals surface area contributed by atoms with Crippen molar-refractivity contribution in [3.8, 4) is 5.75 Å². The number of methoxy groups -OCH3 is 1. The van der Waals surface area contributed by atoms with Gasteiger partial charge in [0.25, 0.3) is 17.7 Å². The molecule has 5 amide bonds. The van der Waals surface area contributed by atoms with Crippen molar-refractivity contribution in [3.63, 3.8) is 0 Å². The van der Waals surface area contributed by atoms with Crippen LogP contribution in [0.15, 0.2) is 42.5 Å². The number of hydrogen-bond acceptors (Lipinski definition) is 7. The van der Waals surface area contributed by atoms with E-state index in [1.807, 2.05) is 5.32 Å². The van der Waals surface area contributed by atoms with Crippen LogP contribution in [0.3, 0.4) is 0 Å². The van der Waals surface area contributed by atoms with Crippen molar-refractivity contribution in [3.05, 3.63) is 64.7 Å². The van der Waals surface area contributed by atoms with Gasteiger partial charge in [0.1, 0.15) is 11.3 Å². The largest absolute Gasteiger partial charge is 0.496 e. The van der Waals surface area contributed by atoms with Crippen LogP contribution in [0.25, 0.3) is 0 Å². The lowest BCUT2D eigenvalue weighted by Gasteiger charge is -2.17. The van der Waals surface area contributed by atoms with E-state index in [9.17, 15) is 24.0 Å². The molecule has 1 heterocycles. The second-order valence-corrected chi connectivity index (χ2v) is 6.68. The Balaban J connectivity index is 1.80. The fraction of sp³-hybridized carbons (Fsp3) is 0.190. The first-order chi connectivity index (χ1) is 14.7. The van der Waals surface area contributed by atoms with Gasteiger partial charge in [0.15, 0.2) is 6.10 Å². The van der Waals surface area contributed by atoms with Crippen molar-refractivity contribution in [2.45, 2.75) is 19.6 Å². The molecule has 1 atom stereocenters. The lowest BCUT2D eigenvalue weighted by atomic mass is 10.1. The molecule has 1 aliphatic heterocycles. The van der Waals surface area contributed by atoms with Crippen molar-refractivity contribution < 1.29 is 33.4 Å². The number of carbonyl (C=O) groups is 5. The lowest BCUT2D eigenvalue weighted by molar-refractivity contribution is -0.127. The summed E-state index contributed by atoms with van der Waals surface area (Å²) in [7, 11) is 1.35. The number of rotatable bonds is 6. The fourth-order valence-corrected chi connectivity index (χ4v) is 3.08. The van der Waals surface area contributed by atoms with E-state index in [-0.39, 0.29) is 17.9 Å². The minimum absolute atomic E-state index is 0.0182. The summed E-state index contributed by atoms with van der Waals surface area (Å²) in [5.41, 5.74) is 5.96. The Bertz CT molecular complexity index is 1060. The molecule has 2 aromatic carbocycles. The molecule has 0 unspecified atom stereocenters. The molecule has 0 bridgehead atoms. The average molecular weight is 425 g/mol. The number of nitrogens with zero attached hydrogens (tertiary/aromatic N) is 1. The van der Waals surface area contributed by atoms with Gasteiger partial charge in [-0.05, 0) is 36.8 Å². The molecule has 3 N–H and O–H groups in total. The van der Waals surface area contributed by atoms with Crippen LogP contribution in [0.2, 0.25) is 0 Å². The smallest absolute Gasteiger partial charge is 0.342 e. The molecule has 0 saturated carbocycles. The number of primary amides is 1. The number of esters is 1. The summed E-state index contributed by atoms with van der Waals surface area (Å²) < 4.78 is 10.2. The number of carbonyl (C=O) groups excluding carboxylic acids is 5. The number of benzene rings is 2. The highest BCUT2D eigenvalue weighted by atomic mass is 16.5. The Labute approximate surface area is 176 Å². The molecule has 10 nitrogen and oxygen atoms in total. The van der Waals surface area contributed by atoms with Gasteiger partial charge >= 0.3 is 12.0 Å². The van der Waals surface area contributed by atoms with Crippen LogP contribution in [-0.4, -0.2) is 47.8 Å². The van der Waals surface area contributed by atoms with Gasteiger partial charge in [-0.2, -0.15) is 0 Å². The molecular formula is C21H19N3O7. The standard InChI is InChI=1S/C21H19N3O7/c1-11(17(25)23-21(22)29)31-20(28)15-9-12(7-8-16(15)30-2)10-24-18(26)13-5-3-4-6-14(13)19(24)27/h3-9,11H,10H2,1-2H3,(H3,22,23,25,29)/t11-/m1/s1. The Morgan fingerprint density at radius 1 is 1.06 bits per heavy atom. The van der Waals surface area contributed by atoms with E-state index in [0.29, 0.717) is 16.7 Å². The summed E-state index contributed by atoms with van der Waals surface area (Å²) in [6, 6.07) is 9.91. The molecule has 0 radical (unpaired) electrons. The van der Waals surface area contributed by atoms with E-state index in [2.05, 4.69) is 0 Å². The van der Waals surface area contributed by atoms with Crippen LogP contribution in [0.4, 0.5) is 4.79 Å². The van der Waals surface area contributed by atoms with E-state index in [4.69, 9.17) is 15.2 Å². The molecule has 1 aliphatic rings. The van der Waals surface area contributed by atoms with E-state index in [0.717, 1.165) is 4.90 Å². The van der Waals surface area contributed by atoms with E-state index < -0.39 is 35.8 Å². The zero-order chi connectivity index (χ0) is 22.7. The molecule has 3 rings (SSSR count). The normalized spacial score (nSPS) is 13.4. The second-order valence-electron chi connectivity index (χ2n) is 6.68. The number of ether oxygens (including phenoxy) is 2. The Hall–Kier alpha value is -4.21. The third-order valence-corrected chi connectivity index (χ3v) is 4.60.